The molecule has 20 heteroatoms. The number of ether oxygens (including phenoxy) is 8. The third-order valence-corrected chi connectivity index (χ3v) is 10.1. The predicted octanol–water partition coefficient (Wildman–Crippen LogP) is -3.29. The van der Waals surface area contributed by atoms with Gasteiger partial charge in [-0.25, -0.2) is 0 Å². The van der Waals surface area contributed by atoms with Crippen LogP contribution in [0.2, 0.25) is 0 Å². The fourth-order valence-corrected chi connectivity index (χ4v) is 6.90. The lowest BCUT2D eigenvalue weighted by Gasteiger charge is -2.45. The number of hydrogen-bond donors (Lipinski definition) is 11. The largest absolute Gasteiger partial charge is 0.507 e. The molecule has 55 heavy (non-hydrogen) atoms. The second kappa shape index (κ2) is 17.0. The fourth-order valence-electron chi connectivity index (χ4n) is 6.90. The zero-order valence-electron chi connectivity index (χ0n) is 29.5. The van der Waals surface area contributed by atoms with Gasteiger partial charge in [0.1, 0.15) is 102 Å². The Balaban J connectivity index is 1.22. The first-order chi connectivity index (χ1) is 26.1. The molecule has 11 N–H and O–H groups in total. The number of carbonyl (C=O) groups excluding carboxylic acids is 1. The van der Waals surface area contributed by atoms with Gasteiger partial charge in [-0.05, 0) is 24.6 Å². The number of aliphatic hydroxyl groups is 9. The summed E-state index contributed by atoms with van der Waals surface area (Å²) in [5.74, 6) is -1.25. The summed E-state index contributed by atoms with van der Waals surface area (Å²) in [6.45, 7) is -0.440. The van der Waals surface area contributed by atoms with Gasteiger partial charge in [-0.3, -0.25) is 4.79 Å². The molecule has 0 amide bonds. The first kappa shape index (κ1) is 41.2. The molecule has 4 heterocycles. The Bertz CT molecular complexity index is 1640. The summed E-state index contributed by atoms with van der Waals surface area (Å²) in [4.78, 5) is 13.1. The van der Waals surface area contributed by atoms with E-state index in [-0.39, 0.29) is 35.0 Å². The Morgan fingerprint density at radius 3 is 2.09 bits per heavy atom. The number of hydrogen-bond acceptors (Lipinski definition) is 20. The van der Waals surface area contributed by atoms with Gasteiger partial charge in [0.15, 0.2) is 23.6 Å². The molecule has 0 aliphatic carbocycles. The van der Waals surface area contributed by atoms with E-state index in [0.29, 0.717) is 5.56 Å². The van der Waals surface area contributed by atoms with E-state index in [1.54, 1.807) is 0 Å². The summed E-state index contributed by atoms with van der Waals surface area (Å²) in [5, 5.41) is 115. The number of Topliss-reactive ketones (excluding diaryl/α,β-unsaturated/α-hetero) is 1. The molecule has 3 fully saturated rings. The Morgan fingerprint density at radius 2 is 1.38 bits per heavy atom. The quantitative estimate of drug-likeness (QED) is 0.106. The van der Waals surface area contributed by atoms with Crippen molar-refractivity contribution in [2.45, 2.75) is 111 Å². The predicted molar refractivity (Wildman–Crippen MR) is 178 cm³/mol. The molecule has 4 aliphatic heterocycles. The summed E-state index contributed by atoms with van der Waals surface area (Å²) in [6, 6.07) is 6.72. The highest BCUT2D eigenvalue weighted by atomic mass is 16.7. The van der Waals surface area contributed by atoms with Gasteiger partial charge < -0.3 is 94.1 Å². The highest BCUT2D eigenvalue weighted by molar-refractivity contribution is 6.02. The first-order valence-corrected chi connectivity index (χ1v) is 17.5. The van der Waals surface area contributed by atoms with Crippen LogP contribution in [0.5, 0.6) is 28.7 Å². The third-order valence-electron chi connectivity index (χ3n) is 10.1. The molecule has 0 bridgehead atoms. The fraction of sp³-hybridized carbons (Fsp3) is 0.629. The summed E-state index contributed by atoms with van der Waals surface area (Å²) in [7, 11) is 1.36. The van der Waals surface area contributed by atoms with Crippen LogP contribution >= 0.6 is 0 Å². The van der Waals surface area contributed by atoms with E-state index >= 15 is 0 Å². The average molecular weight is 787 g/mol. The van der Waals surface area contributed by atoms with Crippen LogP contribution in [0.3, 0.4) is 0 Å². The number of aliphatic hydroxyl groups excluding tert-OH is 9. The highest BCUT2D eigenvalue weighted by Crippen LogP contribution is 2.44. The molecule has 0 spiro atoms. The SMILES string of the molecule is COc1cc([C@H]2CC(=O)c3c(O)cc(O[C@@H]4O[C@H](CO[C@@H]5O[C@@H](C)[C@H](O)[C@@H](O)[C@H]5O)[C@@H](OC[C@H]5O[C@H](CO)[C@@H](O)[C@H](O)[C@H]5O)[C@H](O)[C@H]4O)cc3O2)ccc1O. The summed E-state index contributed by atoms with van der Waals surface area (Å²) in [6.07, 6.45) is -24.4. The number of benzene rings is 2. The Morgan fingerprint density at radius 1 is 0.709 bits per heavy atom. The van der Waals surface area contributed by atoms with E-state index in [1.165, 1.54) is 38.3 Å². The van der Waals surface area contributed by atoms with Gasteiger partial charge in [-0.15, -0.1) is 0 Å². The van der Waals surface area contributed by atoms with E-state index < -0.39 is 129 Å². The molecule has 0 radical (unpaired) electrons. The molecule has 20 nitrogen and oxygen atoms in total. The minimum atomic E-state index is -1.89. The molecule has 2 aromatic carbocycles. The zero-order chi connectivity index (χ0) is 39.9. The number of phenols is 2. The van der Waals surface area contributed by atoms with Gasteiger partial charge in [-0.1, -0.05) is 6.07 Å². The highest BCUT2D eigenvalue weighted by Gasteiger charge is 2.50. The van der Waals surface area contributed by atoms with Crippen LogP contribution in [-0.4, -0.2) is 181 Å². The molecule has 2 aromatic rings. The van der Waals surface area contributed by atoms with E-state index in [4.69, 9.17) is 37.9 Å². The smallest absolute Gasteiger partial charge is 0.229 e. The Hall–Kier alpha value is -3.45. The number of methoxy groups -OCH3 is 1. The van der Waals surface area contributed by atoms with Crippen LogP contribution in [0.4, 0.5) is 0 Å². The number of phenolic OH excluding ortho intramolecular Hbond substituents is 2. The second-order valence-corrected chi connectivity index (χ2v) is 13.8. The summed E-state index contributed by atoms with van der Waals surface area (Å²) in [5.41, 5.74) is 0.342. The lowest BCUT2D eigenvalue weighted by Crippen LogP contribution is -2.63. The first-order valence-electron chi connectivity index (χ1n) is 17.5. The Kier molecular flexibility index (Phi) is 12.7. The van der Waals surface area contributed by atoms with Crippen molar-refractivity contribution in [2.75, 3.05) is 26.9 Å². The minimum absolute atomic E-state index is 0.0898. The Labute approximate surface area is 313 Å². The lowest BCUT2D eigenvalue weighted by molar-refractivity contribution is -0.325. The van der Waals surface area contributed by atoms with E-state index in [0.717, 1.165) is 6.07 Å². The molecular weight excluding hydrogens is 740 g/mol. The van der Waals surface area contributed by atoms with Crippen LogP contribution in [0, 0.1) is 0 Å². The van der Waals surface area contributed by atoms with Gasteiger partial charge in [0.05, 0.1) is 39.5 Å². The van der Waals surface area contributed by atoms with Crippen molar-refractivity contribution in [3.05, 3.63) is 41.5 Å². The lowest BCUT2D eigenvalue weighted by atomic mass is 9.95. The maximum atomic E-state index is 13.1. The topological polar surface area (TPSA) is 313 Å². The molecule has 4 aliphatic rings. The molecule has 0 saturated carbocycles. The van der Waals surface area contributed by atoms with E-state index in [9.17, 15) is 61.0 Å². The monoisotopic (exact) mass is 786 g/mol. The number of fused-ring (bicyclic) bond motifs is 1. The van der Waals surface area contributed by atoms with Crippen molar-refractivity contribution in [1.82, 2.24) is 0 Å². The van der Waals surface area contributed by atoms with Crippen LogP contribution in [-0.2, 0) is 23.7 Å². The minimum Gasteiger partial charge on any atom is -0.507 e. The molecule has 306 valence electrons. The normalized spacial score (nSPS) is 39.2. The van der Waals surface area contributed by atoms with Crippen molar-refractivity contribution in [2.24, 2.45) is 0 Å². The van der Waals surface area contributed by atoms with Crippen LogP contribution < -0.4 is 14.2 Å². The summed E-state index contributed by atoms with van der Waals surface area (Å²) < 4.78 is 45.5. The van der Waals surface area contributed by atoms with Gasteiger partial charge in [-0.2, -0.15) is 0 Å². The van der Waals surface area contributed by atoms with Crippen molar-refractivity contribution in [3.63, 3.8) is 0 Å². The third kappa shape index (κ3) is 8.34. The number of carbonyl (C=O) groups is 1. The molecule has 6 rings (SSSR count). The van der Waals surface area contributed by atoms with Crippen molar-refractivity contribution in [3.8, 4) is 28.7 Å². The van der Waals surface area contributed by atoms with E-state index in [1.807, 2.05) is 0 Å². The van der Waals surface area contributed by atoms with Crippen LogP contribution in [0.25, 0.3) is 0 Å². The van der Waals surface area contributed by atoms with Gasteiger partial charge in [0, 0.05) is 12.1 Å². The average Bonchev–Trinajstić information content (AvgIpc) is 3.16. The van der Waals surface area contributed by atoms with Crippen LogP contribution in [0.1, 0.15) is 35.4 Å². The zero-order valence-corrected chi connectivity index (χ0v) is 29.5. The maximum Gasteiger partial charge on any atom is 0.229 e. The number of rotatable bonds is 11. The van der Waals surface area contributed by atoms with Gasteiger partial charge in [0.25, 0.3) is 0 Å². The van der Waals surface area contributed by atoms with Crippen molar-refractivity contribution >= 4 is 5.78 Å². The van der Waals surface area contributed by atoms with Crippen molar-refractivity contribution in [1.29, 1.82) is 0 Å². The summed E-state index contributed by atoms with van der Waals surface area (Å²) >= 11 is 0. The molecule has 0 aromatic heterocycles. The maximum absolute atomic E-state index is 13.1. The molecule has 16 atom stereocenters. The second-order valence-electron chi connectivity index (χ2n) is 13.8. The van der Waals surface area contributed by atoms with Crippen LogP contribution in [0.15, 0.2) is 30.3 Å². The molecule has 0 unspecified atom stereocenters. The standard InChI is InChI=1S/C35H46O20/c1-12-25(40)28(43)31(46)34(51-12)50-11-23-33(49-10-22-27(42)29(44)26(41)21(9-36)54-22)30(45)32(47)35(55-23)52-14-6-16(38)24-17(39)8-18(53-20(24)7-14)13-3-4-15(37)19(5-13)48-2/h3-7,12,18,21-23,25-38,40-47H,8-11H2,1-2H3/t12-,18+,21+,22+,23+,25-,26+,27-,28+,29-,30+,31+,32+,33+,34+,35+/m0/s1. The van der Waals surface area contributed by atoms with Gasteiger partial charge in [0.2, 0.25) is 6.29 Å². The number of ketones is 1. The molecule has 3 saturated heterocycles. The van der Waals surface area contributed by atoms with E-state index in [2.05, 4.69) is 0 Å². The number of aromatic hydroxyl groups is 2. The van der Waals surface area contributed by atoms with Crippen molar-refractivity contribution < 1.29 is 98.9 Å². The molecular formula is C35H46O20. The van der Waals surface area contributed by atoms with Gasteiger partial charge >= 0.3 is 0 Å².